The Morgan fingerprint density at radius 1 is 1.11 bits per heavy atom. The van der Waals surface area contributed by atoms with Crippen molar-refractivity contribution in [2.24, 2.45) is 11.8 Å². The van der Waals surface area contributed by atoms with E-state index in [1.807, 2.05) is 43.5 Å². The number of aromatic nitrogens is 1. The first-order valence-electron chi connectivity index (χ1n) is 13.2. The Kier molecular flexibility index (Phi) is 6.45. The van der Waals surface area contributed by atoms with E-state index in [0.29, 0.717) is 18.9 Å². The van der Waals surface area contributed by atoms with Crippen molar-refractivity contribution < 1.29 is 23.4 Å². The Labute approximate surface area is 216 Å². The highest BCUT2D eigenvalue weighted by Crippen LogP contribution is 2.53. The Morgan fingerprint density at radius 3 is 2.32 bits per heavy atom. The molecule has 2 heterocycles. The molecule has 1 aromatic heterocycles. The molecule has 1 aliphatic heterocycles. The number of carbonyl (C=O) groups excluding carboxylic acids is 1. The number of nitrogens with zero attached hydrogens (tertiary/aromatic N) is 2. The van der Waals surface area contributed by atoms with Crippen molar-refractivity contribution >= 4 is 6.09 Å². The van der Waals surface area contributed by atoms with Crippen molar-refractivity contribution in [2.45, 2.75) is 89.0 Å². The van der Waals surface area contributed by atoms with Crippen LogP contribution in [0, 0.1) is 11.8 Å². The number of halogens is 2. The molecule has 200 valence electrons. The van der Waals surface area contributed by atoms with Gasteiger partial charge in [0.25, 0.3) is 5.56 Å². The fourth-order valence-corrected chi connectivity index (χ4v) is 5.91. The summed E-state index contributed by atoms with van der Waals surface area (Å²) in [7, 11) is 0. The van der Waals surface area contributed by atoms with Gasteiger partial charge in [-0.1, -0.05) is 24.3 Å². The predicted molar refractivity (Wildman–Crippen MR) is 136 cm³/mol. The monoisotopic (exact) mass is 514 g/mol. The maximum Gasteiger partial charge on any atom is 0.410 e. The zero-order valence-electron chi connectivity index (χ0n) is 21.8. The summed E-state index contributed by atoms with van der Waals surface area (Å²) in [6.07, 6.45) is 3.57. The number of amides is 1. The molecule has 3 fully saturated rings. The van der Waals surface area contributed by atoms with Crippen LogP contribution in [0.25, 0.3) is 11.1 Å². The molecule has 1 unspecified atom stereocenters. The second-order valence-corrected chi connectivity index (χ2v) is 12.0. The lowest BCUT2D eigenvalue weighted by atomic mass is 9.65. The number of hydrogen-bond acceptors (Lipinski definition) is 4. The van der Waals surface area contributed by atoms with E-state index >= 15 is 0 Å². The van der Waals surface area contributed by atoms with Gasteiger partial charge in [0.15, 0.2) is 0 Å². The SMILES string of the molecule is C[C@@H](c1ccc(-c2ccn(CC3CC3)c(=O)c2)cc1)N1CCC(CC(C)(C)O)(C2CC(F)(F)C2)OC1=O. The van der Waals surface area contributed by atoms with Crippen molar-refractivity contribution in [3.05, 3.63) is 58.5 Å². The molecular weight excluding hydrogens is 478 g/mol. The molecule has 1 saturated heterocycles. The third-order valence-electron chi connectivity index (χ3n) is 8.21. The van der Waals surface area contributed by atoms with Gasteiger partial charge >= 0.3 is 6.09 Å². The molecule has 2 atom stereocenters. The molecule has 1 amide bonds. The van der Waals surface area contributed by atoms with Gasteiger partial charge in [-0.3, -0.25) is 4.79 Å². The lowest BCUT2D eigenvalue weighted by Gasteiger charge is -2.53. The summed E-state index contributed by atoms with van der Waals surface area (Å²) in [4.78, 5) is 27.3. The summed E-state index contributed by atoms with van der Waals surface area (Å²) in [5, 5.41) is 10.5. The van der Waals surface area contributed by atoms with Gasteiger partial charge in [-0.25, -0.2) is 13.6 Å². The normalized spacial score (nSPS) is 24.9. The van der Waals surface area contributed by atoms with Crippen LogP contribution in [0.2, 0.25) is 0 Å². The minimum atomic E-state index is -2.74. The largest absolute Gasteiger partial charge is 0.442 e. The molecule has 2 aliphatic carbocycles. The summed E-state index contributed by atoms with van der Waals surface area (Å²) >= 11 is 0. The first kappa shape index (κ1) is 25.9. The zero-order chi connectivity index (χ0) is 26.6. The Hall–Kier alpha value is -2.74. The number of carbonyl (C=O) groups is 1. The van der Waals surface area contributed by atoms with Gasteiger partial charge in [0, 0.05) is 57.0 Å². The van der Waals surface area contributed by atoms with Gasteiger partial charge in [-0.2, -0.15) is 0 Å². The summed E-state index contributed by atoms with van der Waals surface area (Å²) in [6.45, 7) is 6.28. The van der Waals surface area contributed by atoms with Crippen molar-refractivity contribution in [1.82, 2.24) is 9.47 Å². The lowest BCUT2D eigenvalue weighted by molar-refractivity contribution is -0.206. The number of rotatable bonds is 8. The average molecular weight is 515 g/mol. The summed E-state index contributed by atoms with van der Waals surface area (Å²) in [5.74, 6) is -2.58. The second kappa shape index (κ2) is 9.22. The van der Waals surface area contributed by atoms with Gasteiger partial charge in [0.05, 0.1) is 11.6 Å². The van der Waals surface area contributed by atoms with E-state index < -0.39 is 29.1 Å². The van der Waals surface area contributed by atoms with Crippen LogP contribution in [0.4, 0.5) is 13.6 Å². The molecule has 37 heavy (non-hydrogen) atoms. The zero-order valence-corrected chi connectivity index (χ0v) is 21.8. The number of pyridine rings is 1. The van der Waals surface area contributed by atoms with Crippen LogP contribution < -0.4 is 5.56 Å². The van der Waals surface area contributed by atoms with Gasteiger partial charge < -0.3 is 19.3 Å². The summed E-state index contributed by atoms with van der Waals surface area (Å²) in [6, 6.07) is 11.1. The third kappa shape index (κ3) is 5.59. The van der Waals surface area contributed by atoms with Crippen LogP contribution in [-0.4, -0.2) is 44.3 Å². The highest BCUT2D eigenvalue weighted by molar-refractivity contribution is 5.70. The molecule has 5 rings (SSSR count). The summed E-state index contributed by atoms with van der Waals surface area (Å²) < 4.78 is 35.0. The Balaban J connectivity index is 1.28. The number of aliphatic hydroxyl groups is 1. The molecule has 3 aliphatic rings. The molecule has 6 nitrogen and oxygen atoms in total. The highest BCUT2D eigenvalue weighted by Gasteiger charge is 2.59. The van der Waals surface area contributed by atoms with E-state index in [2.05, 4.69) is 0 Å². The van der Waals surface area contributed by atoms with E-state index in [1.165, 1.54) is 12.8 Å². The molecule has 0 spiro atoms. The highest BCUT2D eigenvalue weighted by atomic mass is 19.3. The van der Waals surface area contributed by atoms with Gasteiger partial charge in [0.1, 0.15) is 5.60 Å². The standard InChI is InChI=1S/C29H36F2N2O4/c1-19(21-6-8-22(9-7-21)23-10-12-32(25(34)14-23)17-20-4-5-20)33-13-11-28(37-26(33)35,18-27(2,3)36)24-15-29(30,31)16-24/h6-10,12,14,19-20,24,36H,4-5,11,13,15-18H2,1-3H3/t19-,28?/m0/s1. The number of benzene rings is 1. The average Bonchev–Trinajstić information content (AvgIpc) is 3.62. The van der Waals surface area contributed by atoms with Gasteiger partial charge in [-0.05, 0) is 62.3 Å². The quantitative estimate of drug-likeness (QED) is 0.485. The molecule has 8 heteroatoms. The number of alkyl halides is 2. The minimum Gasteiger partial charge on any atom is -0.442 e. The van der Waals surface area contributed by atoms with E-state index in [9.17, 15) is 23.5 Å². The fourth-order valence-electron chi connectivity index (χ4n) is 5.91. The van der Waals surface area contributed by atoms with Crippen molar-refractivity contribution in [2.75, 3.05) is 6.54 Å². The van der Waals surface area contributed by atoms with E-state index in [4.69, 9.17) is 4.74 Å². The van der Waals surface area contributed by atoms with Crippen LogP contribution in [0.15, 0.2) is 47.4 Å². The first-order valence-corrected chi connectivity index (χ1v) is 13.2. The van der Waals surface area contributed by atoms with E-state index in [0.717, 1.165) is 23.2 Å². The van der Waals surface area contributed by atoms with Crippen LogP contribution in [0.5, 0.6) is 0 Å². The fraction of sp³-hybridized carbons (Fsp3) is 0.586. The van der Waals surface area contributed by atoms with Crippen LogP contribution >= 0.6 is 0 Å². The van der Waals surface area contributed by atoms with E-state index in [1.54, 1.807) is 29.4 Å². The molecule has 1 aromatic carbocycles. The topological polar surface area (TPSA) is 71.8 Å². The molecule has 0 bridgehead atoms. The predicted octanol–water partition coefficient (Wildman–Crippen LogP) is 5.77. The molecule has 0 radical (unpaired) electrons. The second-order valence-electron chi connectivity index (χ2n) is 12.0. The van der Waals surface area contributed by atoms with E-state index in [-0.39, 0.29) is 30.9 Å². The molecule has 2 saturated carbocycles. The Morgan fingerprint density at radius 2 is 1.78 bits per heavy atom. The third-order valence-corrected chi connectivity index (χ3v) is 8.21. The first-order chi connectivity index (χ1) is 17.3. The van der Waals surface area contributed by atoms with Gasteiger partial charge in [0.2, 0.25) is 5.92 Å². The number of cyclic esters (lactones) is 1. The lowest BCUT2D eigenvalue weighted by Crippen LogP contribution is -2.60. The maximum atomic E-state index is 13.7. The number of hydrogen-bond donors (Lipinski definition) is 1. The molecule has 2 aromatic rings. The summed E-state index contributed by atoms with van der Waals surface area (Å²) in [5.41, 5.74) is 0.444. The van der Waals surface area contributed by atoms with Crippen LogP contribution in [-0.2, 0) is 11.3 Å². The Bertz CT molecular complexity index is 1210. The van der Waals surface area contributed by atoms with Crippen molar-refractivity contribution in [1.29, 1.82) is 0 Å². The number of ether oxygens (including phenoxy) is 1. The molecule has 1 N–H and O–H groups in total. The van der Waals surface area contributed by atoms with Crippen molar-refractivity contribution in [3.63, 3.8) is 0 Å². The maximum absolute atomic E-state index is 13.7. The van der Waals surface area contributed by atoms with Crippen molar-refractivity contribution in [3.8, 4) is 11.1 Å². The van der Waals surface area contributed by atoms with Crippen LogP contribution in [0.1, 0.15) is 70.9 Å². The smallest absolute Gasteiger partial charge is 0.410 e. The van der Waals surface area contributed by atoms with Crippen LogP contribution in [0.3, 0.4) is 0 Å². The van der Waals surface area contributed by atoms with Gasteiger partial charge in [-0.15, -0.1) is 0 Å². The minimum absolute atomic E-state index is 0.00308. The molecular formula is C29H36F2N2O4.